The summed E-state index contributed by atoms with van der Waals surface area (Å²) in [5.74, 6) is 0. The number of hydrogen-bond acceptors (Lipinski definition) is 4. The molecule has 0 unspecified atom stereocenters. The molecule has 0 amide bonds. The molecule has 0 fully saturated rings. The summed E-state index contributed by atoms with van der Waals surface area (Å²) in [6, 6.07) is 5.10. The van der Waals surface area contributed by atoms with Gasteiger partial charge in [0, 0.05) is 31.2 Å². The lowest BCUT2D eigenvalue weighted by molar-refractivity contribution is 0.199. The zero-order chi connectivity index (χ0) is 14.3. The van der Waals surface area contributed by atoms with Crippen LogP contribution in [-0.2, 0) is 14.8 Å². The molecule has 0 saturated heterocycles. The summed E-state index contributed by atoms with van der Waals surface area (Å²) < 4.78 is 32.5. The van der Waals surface area contributed by atoms with Gasteiger partial charge < -0.3 is 10.1 Å². The molecule has 0 aliphatic heterocycles. The van der Waals surface area contributed by atoms with Crippen molar-refractivity contribution >= 4 is 26.0 Å². The first kappa shape index (κ1) is 16.6. The molecule has 0 spiro atoms. The fourth-order valence-corrected chi connectivity index (χ4v) is 3.30. The highest BCUT2D eigenvalue weighted by atomic mass is 79.9. The Balaban J connectivity index is 2.52. The fraction of sp³-hybridized carbons (Fsp3) is 0.500. The SMILES string of the molecule is COCCNCCNS(=O)(=O)c1ccc(Br)cc1C. The van der Waals surface area contributed by atoms with E-state index in [2.05, 4.69) is 26.0 Å². The number of rotatable bonds is 8. The van der Waals surface area contributed by atoms with Crippen LogP contribution in [-0.4, -0.2) is 41.8 Å². The first-order chi connectivity index (χ1) is 8.97. The van der Waals surface area contributed by atoms with E-state index in [1.54, 1.807) is 32.2 Å². The van der Waals surface area contributed by atoms with Crippen molar-refractivity contribution in [2.75, 3.05) is 33.4 Å². The Labute approximate surface area is 122 Å². The van der Waals surface area contributed by atoms with Crippen molar-refractivity contribution < 1.29 is 13.2 Å². The molecule has 1 rings (SSSR count). The van der Waals surface area contributed by atoms with Gasteiger partial charge >= 0.3 is 0 Å². The Bertz CT molecular complexity index is 506. The highest BCUT2D eigenvalue weighted by Crippen LogP contribution is 2.19. The average Bonchev–Trinajstić information content (AvgIpc) is 2.33. The monoisotopic (exact) mass is 350 g/mol. The molecule has 7 heteroatoms. The van der Waals surface area contributed by atoms with Gasteiger partial charge in [-0.3, -0.25) is 0 Å². The van der Waals surface area contributed by atoms with Gasteiger partial charge in [-0.1, -0.05) is 15.9 Å². The third-order valence-electron chi connectivity index (χ3n) is 2.50. The third kappa shape index (κ3) is 5.58. The maximum absolute atomic E-state index is 12.1. The van der Waals surface area contributed by atoms with Gasteiger partial charge in [-0.2, -0.15) is 0 Å². The lowest BCUT2D eigenvalue weighted by atomic mass is 10.2. The van der Waals surface area contributed by atoms with Gasteiger partial charge in [0.15, 0.2) is 0 Å². The first-order valence-corrected chi connectivity index (χ1v) is 8.20. The topological polar surface area (TPSA) is 67.4 Å². The van der Waals surface area contributed by atoms with E-state index in [9.17, 15) is 8.42 Å². The van der Waals surface area contributed by atoms with E-state index in [1.807, 2.05) is 0 Å². The van der Waals surface area contributed by atoms with Crippen LogP contribution in [0.4, 0.5) is 0 Å². The minimum Gasteiger partial charge on any atom is -0.383 e. The van der Waals surface area contributed by atoms with Gasteiger partial charge in [0.25, 0.3) is 0 Å². The Morgan fingerprint density at radius 1 is 1.26 bits per heavy atom. The van der Waals surface area contributed by atoms with Crippen LogP contribution in [0.3, 0.4) is 0 Å². The Hall–Kier alpha value is -0.470. The van der Waals surface area contributed by atoms with Crippen molar-refractivity contribution in [3.8, 4) is 0 Å². The second-order valence-electron chi connectivity index (χ2n) is 4.05. The van der Waals surface area contributed by atoms with Crippen molar-refractivity contribution in [1.29, 1.82) is 0 Å². The number of ether oxygens (including phenoxy) is 1. The molecule has 19 heavy (non-hydrogen) atoms. The molecule has 0 aliphatic carbocycles. The van der Waals surface area contributed by atoms with Crippen molar-refractivity contribution in [3.05, 3.63) is 28.2 Å². The standard InChI is InChI=1S/C12H19BrN2O3S/c1-10-9-11(13)3-4-12(10)19(16,17)15-6-5-14-7-8-18-2/h3-4,9,14-15H,5-8H2,1-2H3. The van der Waals surface area contributed by atoms with E-state index in [-0.39, 0.29) is 0 Å². The first-order valence-electron chi connectivity index (χ1n) is 5.93. The summed E-state index contributed by atoms with van der Waals surface area (Å²) in [7, 11) is -1.82. The zero-order valence-electron chi connectivity index (χ0n) is 11.1. The van der Waals surface area contributed by atoms with E-state index < -0.39 is 10.0 Å². The molecule has 1 aromatic carbocycles. The zero-order valence-corrected chi connectivity index (χ0v) is 13.5. The summed E-state index contributed by atoms with van der Waals surface area (Å²) in [6.07, 6.45) is 0. The van der Waals surface area contributed by atoms with Crippen molar-refractivity contribution in [1.82, 2.24) is 10.0 Å². The number of halogens is 1. The van der Waals surface area contributed by atoms with Gasteiger partial charge in [-0.25, -0.2) is 13.1 Å². The van der Waals surface area contributed by atoms with E-state index in [1.165, 1.54) is 0 Å². The van der Waals surface area contributed by atoms with E-state index >= 15 is 0 Å². The lowest BCUT2D eigenvalue weighted by Gasteiger charge is -2.10. The fourth-order valence-electron chi connectivity index (χ4n) is 1.57. The number of nitrogens with one attached hydrogen (secondary N) is 2. The molecule has 108 valence electrons. The van der Waals surface area contributed by atoms with Crippen LogP contribution in [0.25, 0.3) is 0 Å². The number of aryl methyl sites for hydroxylation is 1. The van der Waals surface area contributed by atoms with Crippen LogP contribution in [0.1, 0.15) is 5.56 Å². The highest BCUT2D eigenvalue weighted by Gasteiger charge is 2.15. The number of benzene rings is 1. The molecule has 5 nitrogen and oxygen atoms in total. The third-order valence-corrected chi connectivity index (χ3v) is 4.62. The van der Waals surface area contributed by atoms with Crippen LogP contribution >= 0.6 is 15.9 Å². The van der Waals surface area contributed by atoms with Crippen molar-refractivity contribution in [2.24, 2.45) is 0 Å². The maximum Gasteiger partial charge on any atom is 0.240 e. The van der Waals surface area contributed by atoms with Gasteiger partial charge in [0.05, 0.1) is 11.5 Å². The summed E-state index contributed by atoms with van der Waals surface area (Å²) in [4.78, 5) is 0.313. The van der Waals surface area contributed by atoms with Crippen LogP contribution in [0.2, 0.25) is 0 Å². The maximum atomic E-state index is 12.1. The predicted octanol–water partition coefficient (Wildman–Crippen LogP) is 1.27. The number of methoxy groups -OCH3 is 1. The van der Waals surface area contributed by atoms with Crippen LogP contribution in [0.15, 0.2) is 27.6 Å². The molecule has 1 aromatic rings. The number of hydrogen-bond donors (Lipinski definition) is 2. The van der Waals surface area contributed by atoms with Crippen LogP contribution in [0, 0.1) is 6.92 Å². The largest absolute Gasteiger partial charge is 0.383 e. The molecule has 0 atom stereocenters. The predicted molar refractivity (Wildman–Crippen MR) is 78.8 cm³/mol. The normalized spacial score (nSPS) is 11.7. The lowest BCUT2D eigenvalue weighted by Crippen LogP contribution is -2.33. The molecule has 0 saturated carbocycles. The smallest absolute Gasteiger partial charge is 0.240 e. The highest BCUT2D eigenvalue weighted by molar-refractivity contribution is 9.10. The van der Waals surface area contributed by atoms with E-state index in [0.717, 1.165) is 4.47 Å². The summed E-state index contributed by atoms with van der Waals surface area (Å²) in [6.45, 7) is 4.00. The Morgan fingerprint density at radius 2 is 2.00 bits per heavy atom. The van der Waals surface area contributed by atoms with Crippen LogP contribution < -0.4 is 10.0 Å². The van der Waals surface area contributed by atoms with Gasteiger partial charge in [-0.05, 0) is 30.7 Å². The van der Waals surface area contributed by atoms with Gasteiger partial charge in [0.2, 0.25) is 10.0 Å². The minimum atomic E-state index is -3.44. The number of sulfonamides is 1. The molecule has 0 heterocycles. The van der Waals surface area contributed by atoms with Crippen molar-refractivity contribution in [3.63, 3.8) is 0 Å². The molecule has 0 bridgehead atoms. The quantitative estimate of drug-likeness (QED) is 0.693. The summed E-state index contributed by atoms with van der Waals surface area (Å²) in [5, 5.41) is 3.07. The second-order valence-corrected chi connectivity index (χ2v) is 6.70. The van der Waals surface area contributed by atoms with E-state index in [4.69, 9.17) is 4.74 Å². The molecule has 0 aromatic heterocycles. The molecular formula is C12H19BrN2O3S. The molecule has 2 N–H and O–H groups in total. The molecular weight excluding hydrogens is 332 g/mol. The van der Waals surface area contributed by atoms with Gasteiger partial charge in [-0.15, -0.1) is 0 Å². The summed E-state index contributed by atoms with van der Waals surface area (Å²) >= 11 is 3.31. The molecule has 0 radical (unpaired) electrons. The van der Waals surface area contributed by atoms with Crippen LogP contribution in [0.5, 0.6) is 0 Å². The second kappa shape index (κ2) is 7.96. The van der Waals surface area contributed by atoms with Gasteiger partial charge in [0.1, 0.15) is 0 Å². The Kier molecular flexibility index (Phi) is 6.95. The summed E-state index contributed by atoms with van der Waals surface area (Å²) in [5.41, 5.74) is 0.717. The van der Waals surface area contributed by atoms with E-state index in [0.29, 0.717) is 36.7 Å². The minimum absolute atomic E-state index is 0.313. The molecule has 0 aliphatic rings. The average molecular weight is 351 g/mol. The van der Waals surface area contributed by atoms with Crippen molar-refractivity contribution in [2.45, 2.75) is 11.8 Å². The Morgan fingerprint density at radius 3 is 2.63 bits per heavy atom.